The largest absolute Gasteiger partial charge is 0.368 e. The molecule has 1 rings (SSSR count). The highest BCUT2D eigenvalue weighted by molar-refractivity contribution is 5.85. The van der Waals surface area contributed by atoms with Crippen molar-refractivity contribution in [3.63, 3.8) is 0 Å². The topological polar surface area (TPSA) is 75.4 Å². The Morgan fingerprint density at radius 2 is 2.21 bits per heavy atom. The Kier molecular flexibility index (Phi) is 3.46. The Morgan fingerprint density at radius 1 is 1.57 bits per heavy atom. The van der Waals surface area contributed by atoms with Gasteiger partial charge in [0.1, 0.15) is 0 Å². The maximum absolute atomic E-state index is 11.7. The number of nitrogens with one attached hydrogen (secondary N) is 1. The van der Waals surface area contributed by atoms with E-state index in [2.05, 4.69) is 5.32 Å². The number of nitrogens with zero attached hydrogens (tertiary/aromatic N) is 1. The first-order valence-electron chi connectivity index (χ1n) is 4.77. The van der Waals surface area contributed by atoms with E-state index < -0.39 is 5.91 Å². The minimum Gasteiger partial charge on any atom is -0.368 e. The van der Waals surface area contributed by atoms with Crippen LogP contribution in [0.3, 0.4) is 0 Å². The fourth-order valence-electron chi connectivity index (χ4n) is 1.75. The van der Waals surface area contributed by atoms with Crippen LogP contribution in [0.25, 0.3) is 0 Å². The van der Waals surface area contributed by atoms with Crippen molar-refractivity contribution in [1.82, 2.24) is 10.2 Å². The van der Waals surface area contributed by atoms with Gasteiger partial charge in [0.05, 0.1) is 12.5 Å². The first kappa shape index (κ1) is 11.0. The SMILES string of the molecule is CC1CC(C(=O)N(C)CC(N)=O)CN1. The van der Waals surface area contributed by atoms with Crippen molar-refractivity contribution in [2.75, 3.05) is 20.1 Å². The van der Waals surface area contributed by atoms with Gasteiger partial charge in [0.2, 0.25) is 11.8 Å². The average Bonchev–Trinajstić information content (AvgIpc) is 2.49. The maximum Gasteiger partial charge on any atom is 0.237 e. The lowest BCUT2D eigenvalue weighted by molar-refractivity contribution is -0.136. The van der Waals surface area contributed by atoms with E-state index >= 15 is 0 Å². The van der Waals surface area contributed by atoms with Crippen LogP contribution in [-0.4, -0.2) is 42.9 Å². The quantitative estimate of drug-likeness (QED) is 0.607. The highest BCUT2D eigenvalue weighted by atomic mass is 16.2. The molecule has 0 bridgehead atoms. The maximum atomic E-state index is 11.7. The van der Waals surface area contributed by atoms with Crippen molar-refractivity contribution in [2.24, 2.45) is 11.7 Å². The molecule has 1 saturated heterocycles. The summed E-state index contributed by atoms with van der Waals surface area (Å²) in [6.45, 7) is 2.74. The fraction of sp³-hybridized carbons (Fsp3) is 0.778. The van der Waals surface area contributed by atoms with E-state index in [1.165, 1.54) is 4.90 Å². The molecule has 0 saturated carbocycles. The third kappa shape index (κ3) is 2.70. The van der Waals surface area contributed by atoms with Crippen LogP contribution in [-0.2, 0) is 9.59 Å². The molecular formula is C9H17N3O2. The van der Waals surface area contributed by atoms with Crippen molar-refractivity contribution in [3.05, 3.63) is 0 Å². The van der Waals surface area contributed by atoms with Crippen LogP contribution in [0.4, 0.5) is 0 Å². The Balaban J connectivity index is 2.44. The molecule has 2 unspecified atom stereocenters. The molecule has 5 nitrogen and oxygen atoms in total. The monoisotopic (exact) mass is 199 g/mol. The van der Waals surface area contributed by atoms with Gasteiger partial charge in [-0.15, -0.1) is 0 Å². The Bertz CT molecular complexity index is 242. The van der Waals surface area contributed by atoms with Crippen molar-refractivity contribution in [1.29, 1.82) is 0 Å². The molecule has 2 atom stereocenters. The Labute approximate surface area is 83.6 Å². The molecule has 0 radical (unpaired) electrons. The van der Waals surface area contributed by atoms with E-state index in [1.807, 2.05) is 6.92 Å². The second-order valence-corrected chi connectivity index (χ2v) is 3.90. The Hall–Kier alpha value is -1.10. The van der Waals surface area contributed by atoms with E-state index in [0.717, 1.165) is 6.42 Å². The average molecular weight is 199 g/mol. The number of nitrogens with two attached hydrogens (primary N) is 1. The second kappa shape index (κ2) is 4.41. The molecule has 1 heterocycles. The van der Waals surface area contributed by atoms with Gasteiger partial charge in [-0.05, 0) is 13.3 Å². The third-order valence-electron chi connectivity index (χ3n) is 2.47. The van der Waals surface area contributed by atoms with Gasteiger partial charge in [-0.25, -0.2) is 0 Å². The van der Waals surface area contributed by atoms with Gasteiger partial charge >= 0.3 is 0 Å². The molecule has 14 heavy (non-hydrogen) atoms. The van der Waals surface area contributed by atoms with Gasteiger partial charge in [0.25, 0.3) is 0 Å². The van der Waals surface area contributed by atoms with Crippen molar-refractivity contribution >= 4 is 11.8 Å². The van der Waals surface area contributed by atoms with Crippen molar-refractivity contribution in [2.45, 2.75) is 19.4 Å². The number of carbonyl (C=O) groups excluding carboxylic acids is 2. The van der Waals surface area contributed by atoms with Gasteiger partial charge in [0, 0.05) is 19.6 Å². The number of likely N-dealkylation sites (N-methyl/N-ethyl adjacent to an activating group) is 1. The zero-order valence-corrected chi connectivity index (χ0v) is 8.62. The molecule has 0 aliphatic carbocycles. The van der Waals surface area contributed by atoms with E-state index in [4.69, 9.17) is 5.73 Å². The summed E-state index contributed by atoms with van der Waals surface area (Å²) in [7, 11) is 1.61. The zero-order chi connectivity index (χ0) is 10.7. The molecular weight excluding hydrogens is 182 g/mol. The Morgan fingerprint density at radius 3 is 2.64 bits per heavy atom. The normalized spacial score (nSPS) is 26.1. The van der Waals surface area contributed by atoms with Gasteiger partial charge < -0.3 is 16.0 Å². The van der Waals surface area contributed by atoms with Crippen LogP contribution < -0.4 is 11.1 Å². The number of hydrogen-bond acceptors (Lipinski definition) is 3. The third-order valence-corrected chi connectivity index (χ3v) is 2.47. The summed E-state index contributed by atoms with van der Waals surface area (Å²) in [5.41, 5.74) is 5.01. The minimum absolute atomic E-state index is 0.000602. The number of carbonyl (C=O) groups is 2. The summed E-state index contributed by atoms with van der Waals surface area (Å²) in [5, 5.41) is 3.19. The number of primary amides is 1. The summed E-state index contributed by atoms with van der Waals surface area (Å²) >= 11 is 0. The molecule has 1 fully saturated rings. The number of rotatable bonds is 3. The summed E-state index contributed by atoms with van der Waals surface area (Å²) in [5.74, 6) is -0.477. The van der Waals surface area contributed by atoms with Crippen LogP contribution in [0.15, 0.2) is 0 Å². The van der Waals surface area contributed by atoms with Crippen molar-refractivity contribution in [3.8, 4) is 0 Å². The predicted molar refractivity (Wildman–Crippen MR) is 52.4 cm³/mol. The molecule has 1 aliphatic heterocycles. The van der Waals surface area contributed by atoms with Gasteiger partial charge in [-0.2, -0.15) is 0 Å². The lowest BCUT2D eigenvalue weighted by Gasteiger charge is -2.18. The van der Waals surface area contributed by atoms with Crippen LogP contribution in [0, 0.1) is 5.92 Å². The smallest absolute Gasteiger partial charge is 0.237 e. The standard InChI is InChI=1S/C9H17N3O2/c1-6-3-7(4-11-6)9(14)12(2)5-8(10)13/h6-7,11H,3-5H2,1-2H3,(H2,10,13). The summed E-state index contributed by atoms with van der Waals surface area (Å²) in [6, 6.07) is 0.380. The highest BCUT2D eigenvalue weighted by Gasteiger charge is 2.29. The first-order chi connectivity index (χ1) is 6.50. The first-order valence-corrected chi connectivity index (χ1v) is 4.77. The van der Waals surface area contributed by atoms with E-state index in [1.54, 1.807) is 7.05 Å². The molecule has 2 amide bonds. The van der Waals surface area contributed by atoms with Crippen LogP contribution in [0.1, 0.15) is 13.3 Å². The van der Waals surface area contributed by atoms with Gasteiger partial charge in [-0.1, -0.05) is 0 Å². The molecule has 3 N–H and O–H groups in total. The van der Waals surface area contributed by atoms with E-state index in [0.29, 0.717) is 12.6 Å². The number of amides is 2. The number of hydrogen-bond donors (Lipinski definition) is 2. The molecule has 5 heteroatoms. The van der Waals surface area contributed by atoms with Crippen molar-refractivity contribution < 1.29 is 9.59 Å². The lowest BCUT2D eigenvalue weighted by atomic mass is 10.1. The van der Waals surface area contributed by atoms with Gasteiger partial charge in [0.15, 0.2) is 0 Å². The van der Waals surface area contributed by atoms with Gasteiger partial charge in [-0.3, -0.25) is 9.59 Å². The molecule has 0 aromatic heterocycles. The molecule has 0 spiro atoms. The van der Waals surface area contributed by atoms with Crippen LogP contribution in [0.5, 0.6) is 0 Å². The predicted octanol–water partition coefficient (Wildman–Crippen LogP) is -1.07. The summed E-state index contributed by atoms with van der Waals surface area (Å²) in [4.78, 5) is 23.7. The molecule has 0 aromatic rings. The zero-order valence-electron chi connectivity index (χ0n) is 8.62. The second-order valence-electron chi connectivity index (χ2n) is 3.90. The highest BCUT2D eigenvalue weighted by Crippen LogP contribution is 2.15. The fourth-order valence-corrected chi connectivity index (χ4v) is 1.75. The van der Waals surface area contributed by atoms with E-state index in [-0.39, 0.29) is 18.4 Å². The van der Waals surface area contributed by atoms with Crippen LogP contribution in [0.2, 0.25) is 0 Å². The van der Waals surface area contributed by atoms with Crippen LogP contribution >= 0.6 is 0 Å². The summed E-state index contributed by atoms with van der Waals surface area (Å²) < 4.78 is 0. The van der Waals surface area contributed by atoms with E-state index in [9.17, 15) is 9.59 Å². The molecule has 80 valence electrons. The molecule has 1 aliphatic rings. The minimum atomic E-state index is -0.472. The lowest BCUT2D eigenvalue weighted by Crippen LogP contribution is -2.39. The molecule has 0 aromatic carbocycles. The summed E-state index contributed by atoms with van der Waals surface area (Å²) in [6.07, 6.45) is 0.835.